The number of allylic oxidation sites excluding steroid dienone is 5. The highest BCUT2D eigenvalue weighted by Crippen LogP contribution is 2.22. The molecule has 0 bridgehead atoms. The minimum atomic E-state index is 0. The van der Waals surface area contributed by atoms with Gasteiger partial charge in [-0.15, -0.1) is 0 Å². The summed E-state index contributed by atoms with van der Waals surface area (Å²) in [6, 6.07) is 0. The Morgan fingerprint density at radius 1 is 1.39 bits per heavy atom. The highest BCUT2D eigenvalue weighted by Gasteiger charge is 2.10. The predicted octanol–water partition coefficient (Wildman–Crippen LogP) is 3.74. The number of hydrogen-bond acceptors (Lipinski definition) is 3. The number of rotatable bonds is 1. The van der Waals surface area contributed by atoms with Gasteiger partial charge in [0.15, 0.2) is 0 Å². The van der Waals surface area contributed by atoms with E-state index >= 15 is 0 Å². The van der Waals surface area contributed by atoms with Crippen molar-refractivity contribution in [3.05, 3.63) is 36.1 Å². The Hall–Kier alpha value is -1.48. The SMILES string of the molecule is C1=CC[C@@H](C2=CCC=NC=N2)C=C1.CC.CCN.[HH]. The second-order valence-corrected chi connectivity index (χ2v) is 3.50. The van der Waals surface area contributed by atoms with Gasteiger partial charge in [0.2, 0.25) is 0 Å². The van der Waals surface area contributed by atoms with E-state index in [1.54, 1.807) is 6.34 Å². The summed E-state index contributed by atoms with van der Waals surface area (Å²) in [5.74, 6) is 0.447. The van der Waals surface area contributed by atoms with Gasteiger partial charge in [-0.3, -0.25) is 0 Å². The van der Waals surface area contributed by atoms with Crippen LogP contribution in [0.2, 0.25) is 0 Å². The zero-order valence-electron chi connectivity index (χ0n) is 11.7. The fourth-order valence-electron chi connectivity index (χ4n) is 1.48. The van der Waals surface area contributed by atoms with Gasteiger partial charge >= 0.3 is 0 Å². The summed E-state index contributed by atoms with van der Waals surface area (Å²) in [5.41, 5.74) is 5.98. The molecule has 0 fully saturated rings. The van der Waals surface area contributed by atoms with Gasteiger partial charge in [0.25, 0.3) is 0 Å². The van der Waals surface area contributed by atoms with E-state index < -0.39 is 0 Å². The Morgan fingerprint density at radius 2 is 2.11 bits per heavy atom. The Bertz CT molecular complexity index is 341. The molecule has 3 heteroatoms. The van der Waals surface area contributed by atoms with Crippen molar-refractivity contribution in [1.82, 2.24) is 0 Å². The first kappa shape index (κ1) is 16.5. The zero-order chi connectivity index (χ0) is 13.6. The smallest absolute Gasteiger partial charge is 0.115 e. The van der Waals surface area contributed by atoms with E-state index in [-0.39, 0.29) is 1.43 Å². The summed E-state index contributed by atoms with van der Waals surface area (Å²) in [6.45, 7) is 6.65. The Kier molecular flexibility index (Phi) is 11.0. The number of nitrogens with zero attached hydrogens (tertiary/aromatic N) is 2. The summed E-state index contributed by atoms with van der Waals surface area (Å²) >= 11 is 0. The molecule has 0 aromatic rings. The molecular formula is C15H27N3. The molecule has 3 nitrogen and oxygen atoms in total. The van der Waals surface area contributed by atoms with Gasteiger partial charge in [0, 0.05) is 25.7 Å². The largest absolute Gasteiger partial charge is 0.331 e. The van der Waals surface area contributed by atoms with Crippen molar-refractivity contribution >= 4 is 12.6 Å². The standard InChI is InChI=1S/C11H12N2.C2H7N.C2H6.H2/c1-2-5-10(6-3-1)11-7-4-8-12-9-13-11;1-2-3;1-2;/h1-3,5,7-10H,4,6H2;2-3H2,1H3;1-2H3;1H/t10-;;;/m0.../s1. The monoisotopic (exact) mass is 249 g/mol. The quantitative estimate of drug-likeness (QED) is 0.756. The Morgan fingerprint density at radius 3 is 2.72 bits per heavy atom. The van der Waals surface area contributed by atoms with Crippen LogP contribution >= 0.6 is 0 Å². The molecule has 0 radical (unpaired) electrons. The minimum Gasteiger partial charge on any atom is -0.331 e. The molecular weight excluding hydrogens is 222 g/mol. The molecule has 18 heavy (non-hydrogen) atoms. The lowest BCUT2D eigenvalue weighted by molar-refractivity contribution is 0.754. The number of aliphatic imine (C=N–C) groups is 2. The lowest BCUT2D eigenvalue weighted by atomic mass is 9.97. The van der Waals surface area contributed by atoms with Gasteiger partial charge in [-0.1, -0.05) is 51.2 Å². The fourth-order valence-corrected chi connectivity index (χ4v) is 1.48. The molecule has 0 unspecified atom stereocenters. The van der Waals surface area contributed by atoms with E-state index in [9.17, 15) is 0 Å². The van der Waals surface area contributed by atoms with Crippen LogP contribution in [0.15, 0.2) is 46.1 Å². The fraction of sp³-hybridized carbons (Fsp3) is 0.467. The molecule has 102 valence electrons. The van der Waals surface area contributed by atoms with Crippen molar-refractivity contribution < 1.29 is 1.43 Å². The summed E-state index contributed by atoms with van der Waals surface area (Å²) in [5, 5.41) is 0. The van der Waals surface area contributed by atoms with Crippen molar-refractivity contribution in [3.8, 4) is 0 Å². The van der Waals surface area contributed by atoms with E-state index in [1.807, 2.05) is 27.0 Å². The zero-order valence-corrected chi connectivity index (χ0v) is 11.7. The molecule has 1 aliphatic heterocycles. The highest BCUT2D eigenvalue weighted by atomic mass is 14.9. The van der Waals surface area contributed by atoms with E-state index in [4.69, 9.17) is 5.73 Å². The van der Waals surface area contributed by atoms with Crippen LogP contribution in [0.3, 0.4) is 0 Å². The summed E-state index contributed by atoms with van der Waals surface area (Å²) < 4.78 is 0. The molecule has 0 saturated heterocycles. The lowest BCUT2D eigenvalue weighted by Crippen LogP contribution is -2.00. The second-order valence-electron chi connectivity index (χ2n) is 3.50. The van der Waals surface area contributed by atoms with Crippen LogP contribution in [0.25, 0.3) is 0 Å². The van der Waals surface area contributed by atoms with Crippen molar-refractivity contribution in [1.29, 1.82) is 0 Å². The lowest BCUT2D eigenvalue weighted by Gasteiger charge is -2.12. The van der Waals surface area contributed by atoms with E-state index in [0.717, 1.165) is 25.1 Å². The van der Waals surface area contributed by atoms with Gasteiger partial charge in [-0.25, -0.2) is 9.98 Å². The summed E-state index contributed by atoms with van der Waals surface area (Å²) in [4.78, 5) is 8.30. The van der Waals surface area contributed by atoms with Crippen molar-refractivity contribution in [2.45, 2.75) is 33.6 Å². The van der Waals surface area contributed by atoms with Crippen molar-refractivity contribution in [3.63, 3.8) is 0 Å². The number of hydrogen-bond donors (Lipinski definition) is 1. The van der Waals surface area contributed by atoms with Crippen LogP contribution in [0, 0.1) is 5.92 Å². The summed E-state index contributed by atoms with van der Waals surface area (Å²) in [7, 11) is 0. The van der Waals surface area contributed by atoms with Gasteiger partial charge in [-0.2, -0.15) is 0 Å². The van der Waals surface area contributed by atoms with E-state index in [0.29, 0.717) is 5.92 Å². The van der Waals surface area contributed by atoms with Gasteiger partial charge in [0.1, 0.15) is 6.34 Å². The first-order valence-corrected chi connectivity index (χ1v) is 6.66. The maximum absolute atomic E-state index is 4.85. The maximum atomic E-state index is 4.85. The molecule has 2 rings (SSSR count). The molecule has 0 amide bonds. The first-order valence-electron chi connectivity index (χ1n) is 6.66. The van der Waals surface area contributed by atoms with E-state index in [1.165, 1.54) is 0 Å². The molecule has 0 saturated carbocycles. The molecule has 1 aliphatic carbocycles. The van der Waals surface area contributed by atoms with Crippen molar-refractivity contribution in [2.24, 2.45) is 21.6 Å². The van der Waals surface area contributed by atoms with Crippen LogP contribution in [-0.4, -0.2) is 19.1 Å². The third-order valence-corrected chi connectivity index (χ3v) is 2.17. The highest BCUT2D eigenvalue weighted by molar-refractivity contribution is 5.75. The molecule has 1 heterocycles. The second kappa shape index (κ2) is 12.0. The van der Waals surface area contributed by atoms with Gasteiger partial charge in [0.05, 0.1) is 0 Å². The normalized spacial score (nSPS) is 20.0. The van der Waals surface area contributed by atoms with Gasteiger partial charge in [-0.05, 0) is 13.0 Å². The Labute approximate surface area is 112 Å². The molecule has 1 atom stereocenters. The van der Waals surface area contributed by atoms with E-state index in [2.05, 4.69) is 40.4 Å². The van der Waals surface area contributed by atoms with Crippen LogP contribution in [-0.2, 0) is 0 Å². The predicted molar refractivity (Wildman–Crippen MR) is 84.3 cm³/mol. The van der Waals surface area contributed by atoms with Crippen molar-refractivity contribution in [2.75, 3.05) is 6.54 Å². The van der Waals surface area contributed by atoms with Crippen LogP contribution < -0.4 is 5.73 Å². The van der Waals surface area contributed by atoms with Crippen LogP contribution in [0.1, 0.15) is 35.0 Å². The third kappa shape index (κ3) is 6.97. The molecule has 0 aromatic carbocycles. The van der Waals surface area contributed by atoms with Crippen LogP contribution in [0.5, 0.6) is 0 Å². The molecule has 0 aromatic heterocycles. The average molecular weight is 249 g/mol. The maximum Gasteiger partial charge on any atom is 0.115 e. The topological polar surface area (TPSA) is 50.7 Å². The molecule has 2 N–H and O–H groups in total. The third-order valence-electron chi connectivity index (χ3n) is 2.17. The number of nitrogens with two attached hydrogens (primary N) is 1. The van der Waals surface area contributed by atoms with Gasteiger partial charge < -0.3 is 5.73 Å². The summed E-state index contributed by atoms with van der Waals surface area (Å²) in [6.07, 6.45) is 16.1. The minimum absolute atomic E-state index is 0. The first-order chi connectivity index (χ1) is 8.88. The molecule has 2 aliphatic rings. The average Bonchev–Trinajstić information content (AvgIpc) is 2.72. The van der Waals surface area contributed by atoms with Crippen LogP contribution in [0.4, 0.5) is 0 Å². The Balaban J connectivity index is 0. The molecule has 0 spiro atoms.